The summed E-state index contributed by atoms with van der Waals surface area (Å²) in [5, 5.41) is 11.5. The van der Waals surface area contributed by atoms with Crippen molar-refractivity contribution in [1.29, 1.82) is 0 Å². The van der Waals surface area contributed by atoms with Gasteiger partial charge in [0, 0.05) is 25.2 Å². The van der Waals surface area contributed by atoms with Gasteiger partial charge in [-0.3, -0.25) is 14.9 Å². The SMILES string of the molecule is O=C1N=C(N2CCCCC2)SC1=Cc1cccc([N+](=O)[O-])c1. The molecular formula is C15H15N3O3S. The Kier molecular flexibility index (Phi) is 4.24. The van der Waals surface area contributed by atoms with Crippen LogP contribution in [0.1, 0.15) is 24.8 Å². The Hall–Kier alpha value is -2.15. The fourth-order valence-corrected chi connectivity index (χ4v) is 3.46. The van der Waals surface area contributed by atoms with Crippen LogP contribution in [0.2, 0.25) is 0 Å². The molecule has 0 spiro atoms. The third-order valence-corrected chi connectivity index (χ3v) is 4.66. The maximum Gasteiger partial charge on any atom is 0.286 e. The first-order valence-corrected chi connectivity index (χ1v) is 7.97. The summed E-state index contributed by atoms with van der Waals surface area (Å²) >= 11 is 1.35. The first-order chi connectivity index (χ1) is 10.6. The number of hydrogen-bond donors (Lipinski definition) is 0. The molecule has 2 heterocycles. The summed E-state index contributed by atoms with van der Waals surface area (Å²) in [7, 11) is 0. The van der Waals surface area contributed by atoms with E-state index < -0.39 is 4.92 Å². The zero-order valence-electron chi connectivity index (χ0n) is 11.9. The van der Waals surface area contributed by atoms with Crippen LogP contribution >= 0.6 is 11.8 Å². The molecule has 114 valence electrons. The van der Waals surface area contributed by atoms with E-state index >= 15 is 0 Å². The third-order valence-electron chi connectivity index (χ3n) is 3.61. The highest BCUT2D eigenvalue weighted by molar-refractivity contribution is 8.18. The predicted octanol–water partition coefficient (Wildman–Crippen LogP) is 3.05. The number of non-ortho nitro benzene ring substituents is 1. The number of rotatable bonds is 2. The zero-order valence-corrected chi connectivity index (χ0v) is 12.7. The van der Waals surface area contributed by atoms with Gasteiger partial charge in [-0.25, -0.2) is 0 Å². The predicted molar refractivity (Wildman–Crippen MR) is 86.5 cm³/mol. The summed E-state index contributed by atoms with van der Waals surface area (Å²) < 4.78 is 0. The molecule has 1 amide bonds. The second kappa shape index (κ2) is 6.31. The van der Waals surface area contributed by atoms with Crippen LogP contribution in [0.5, 0.6) is 0 Å². The van der Waals surface area contributed by atoms with Crippen molar-refractivity contribution in [2.75, 3.05) is 13.1 Å². The fourth-order valence-electron chi connectivity index (χ4n) is 2.50. The number of likely N-dealkylation sites (tertiary alicyclic amines) is 1. The van der Waals surface area contributed by atoms with Gasteiger partial charge >= 0.3 is 0 Å². The number of hydrogen-bond acceptors (Lipinski definition) is 5. The lowest BCUT2D eigenvalue weighted by atomic mass is 10.1. The average Bonchev–Trinajstić information content (AvgIpc) is 2.89. The van der Waals surface area contributed by atoms with Crippen LogP contribution in [-0.2, 0) is 4.79 Å². The number of aliphatic imine (C=N–C) groups is 1. The van der Waals surface area contributed by atoms with Crippen molar-refractivity contribution in [1.82, 2.24) is 4.90 Å². The smallest absolute Gasteiger partial charge is 0.286 e. The minimum atomic E-state index is -0.443. The van der Waals surface area contributed by atoms with E-state index in [1.165, 1.54) is 30.3 Å². The van der Waals surface area contributed by atoms with E-state index in [0.29, 0.717) is 10.5 Å². The highest BCUT2D eigenvalue weighted by Gasteiger charge is 2.26. The molecular weight excluding hydrogens is 302 g/mol. The van der Waals surface area contributed by atoms with Crippen molar-refractivity contribution in [2.45, 2.75) is 19.3 Å². The monoisotopic (exact) mass is 317 g/mol. The number of piperidine rings is 1. The summed E-state index contributed by atoms with van der Waals surface area (Å²) in [4.78, 5) is 29.1. The van der Waals surface area contributed by atoms with Crippen molar-refractivity contribution in [3.05, 3.63) is 44.8 Å². The van der Waals surface area contributed by atoms with E-state index in [0.717, 1.165) is 31.1 Å². The molecule has 6 nitrogen and oxygen atoms in total. The topological polar surface area (TPSA) is 75.8 Å². The summed E-state index contributed by atoms with van der Waals surface area (Å²) in [6.07, 6.45) is 5.13. The molecule has 1 aromatic rings. The first kappa shape index (κ1) is 14.8. The van der Waals surface area contributed by atoms with Crippen molar-refractivity contribution < 1.29 is 9.72 Å². The zero-order chi connectivity index (χ0) is 15.5. The van der Waals surface area contributed by atoms with Crippen LogP contribution in [0.15, 0.2) is 34.2 Å². The van der Waals surface area contributed by atoms with Gasteiger partial charge in [-0.2, -0.15) is 4.99 Å². The molecule has 0 aromatic heterocycles. The van der Waals surface area contributed by atoms with E-state index in [-0.39, 0.29) is 11.6 Å². The van der Waals surface area contributed by atoms with Crippen LogP contribution in [-0.4, -0.2) is 34.0 Å². The highest BCUT2D eigenvalue weighted by Crippen LogP contribution is 2.31. The second-order valence-electron chi connectivity index (χ2n) is 5.21. The molecule has 7 heteroatoms. The van der Waals surface area contributed by atoms with Crippen molar-refractivity contribution in [2.24, 2.45) is 4.99 Å². The van der Waals surface area contributed by atoms with Crippen LogP contribution < -0.4 is 0 Å². The molecule has 0 bridgehead atoms. The van der Waals surface area contributed by atoms with Gasteiger partial charge in [-0.1, -0.05) is 12.1 Å². The molecule has 0 radical (unpaired) electrons. The maximum atomic E-state index is 12.0. The molecule has 1 fully saturated rings. The van der Waals surface area contributed by atoms with Gasteiger partial charge < -0.3 is 4.90 Å². The molecule has 22 heavy (non-hydrogen) atoms. The number of amidine groups is 1. The molecule has 0 atom stereocenters. The summed E-state index contributed by atoms with van der Waals surface area (Å²) in [6, 6.07) is 6.24. The van der Waals surface area contributed by atoms with Crippen molar-refractivity contribution >= 4 is 34.6 Å². The second-order valence-corrected chi connectivity index (χ2v) is 6.22. The van der Waals surface area contributed by atoms with Crippen molar-refractivity contribution in [3.63, 3.8) is 0 Å². The van der Waals surface area contributed by atoms with Gasteiger partial charge in [-0.15, -0.1) is 0 Å². The van der Waals surface area contributed by atoms with Crippen LogP contribution in [0.25, 0.3) is 6.08 Å². The fraction of sp³-hybridized carbons (Fsp3) is 0.333. The lowest BCUT2D eigenvalue weighted by molar-refractivity contribution is -0.384. The molecule has 0 aliphatic carbocycles. The lowest BCUT2D eigenvalue weighted by Crippen LogP contribution is -2.33. The summed E-state index contributed by atoms with van der Waals surface area (Å²) in [6.45, 7) is 1.87. The lowest BCUT2D eigenvalue weighted by Gasteiger charge is -2.27. The van der Waals surface area contributed by atoms with Gasteiger partial charge in [0.05, 0.1) is 9.83 Å². The Bertz CT molecular complexity index is 678. The number of thioether (sulfide) groups is 1. The van der Waals surface area contributed by atoms with Gasteiger partial charge in [0.2, 0.25) is 0 Å². The Morgan fingerprint density at radius 2 is 2.05 bits per heavy atom. The van der Waals surface area contributed by atoms with Gasteiger partial charge in [0.15, 0.2) is 5.17 Å². The number of carbonyl (C=O) groups is 1. The Balaban J connectivity index is 1.77. The van der Waals surface area contributed by atoms with E-state index in [1.54, 1.807) is 18.2 Å². The average molecular weight is 317 g/mol. The molecule has 3 rings (SSSR count). The molecule has 1 aromatic carbocycles. The molecule has 1 saturated heterocycles. The maximum absolute atomic E-state index is 12.0. The highest BCUT2D eigenvalue weighted by atomic mass is 32.2. The quantitative estimate of drug-likeness (QED) is 0.476. The number of amides is 1. The minimum absolute atomic E-state index is 0.0157. The third kappa shape index (κ3) is 3.19. The Morgan fingerprint density at radius 3 is 2.77 bits per heavy atom. The summed E-state index contributed by atoms with van der Waals surface area (Å²) in [5.41, 5.74) is 0.655. The van der Waals surface area contributed by atoms with Gasteiger partial charge in [0.1, 0.15) is 0 Å². The normalized spacial score (nSPS) is 20.4. The van der Waals surface area contributed by atoms with Gasteiger partial charge in [-0.05, 0) is 42.7 Å². The van der Waals surface area contributed by atoms with E-state index in [1.807, 2.05) is 0 Å². The molecule has 0 N–H and O–H groups in total. The van der Waals surface area contributed by atoms with Crippen LogP contribution in [0.4, 0.5) is 5.69 Å². The number of nitro benzene ring substituents is 1. The molecule has 0 unspecified atom stereocenters. The van der Waals surface area contributed by atoms with Crippen LogP contribution in [0, 0.1) is 10.1 Å². The minimum Gasteiger partial charge on any atom is -0.351 e. The van der Waals surface area contributed by atoms with E-state index in [9.17, 15) is 14.9 Å². The molecule has 2 aliphatic rings. The Morgan fingerprint density at radius 1 is 1.27 bits per heavy atom. The number of nitrogens with zero attached hydrogens (tertiary/aromatic N) is 3. The van der Waals surface area contributed by atoms with Crippen LogP contribution in [0.3, 0.4) is 0 Å². The summed E-state index contributed by atoms with van der Waals surface area (Å²) in [5.74, 6) is -0.267. The standard InChI is InChI=1S/C15H15N3O3S/c19-14-13(10-11-5-4-6-12(9-11)18(20)21)22-15(16-14)17-7-2-1-3-8-17/h4-6,9-10H,1-3,7-8H2. The molecule has 2 aliphatic heterocycles. The van der Waals surface area contributed by atoms with Crippen molar-refractivity contribution in [3.8, 4) is 0 Å². The van der Waals surface area contributed by atoms with E-state index in [2.05, 4.69) is 9.89 Å². The number of nitro groups is 1. The Labute approximate surface area is 132 Å². The number of benzene rings is 1. The van der Waals surface area contributed by atoms with E-state index in [4.69, 9.17) is 0 Å². The van der Waals surface area contributed by atoms with Gasteiger partial charge in [0.25, 0.3) is 11.6 Å². The largest absolute Gasteiger partial charge is 0.351 e. The molecule has 0 saturated carbocycles. The number of carbonyl (C=O) groups excluding carboxylic acids is 1. The first-order valence-electron chi connectivity index (χ1n) is 7.15.